The molecule has 3 rings (SSSR count). The summed E-state index contributed by atoms with van der Waals surface area (Å²) in [4.78, 5) is 21.1. The van der Waals surface area contributed by atoms with Crippen LogP contribution in [-0.2, 0) is 11.2 Å². The van der Waals surface area contributed by atoms with Crippen molar-refractivity contribution >= 4 is 11.7 Å². The lowest BCUT2D eigenvalue weighted by atomic mass is 10.1. The van der Waals surface area contributed by atoms with E-state index in [9.17, 15) is 4.79 Å². The highest BCUT2D eigenvalue weighted by atomic mass is 16.5. The monoisotopic (exact) mass is 339 g/mol. The van der Waals surface area contributed by atoms with Crippen molar-refractivity contribution in [3.05, 3.63) is 54.2 Å². The van der Waals surface area contributed by atoms with Crippen molar-refractivity contribution in [1.82, 2.24) is 9.88 Å². The third kappa shape index (κ3) is 4.72. The van der Waals surface area contributed by atoms with Gasteiger partial charge in [0, 0.05) is 32.4 Å². The highest BCUT2D eigenvalue weighted by molar-refractivity contribution is 5.79. The molecular formula is C20H25N3O2. The van der Waals surface area contributed by atoms with Crippen LogP contribution in [0, 0.1) is 0 Å². The summed E-state index contributed by atoms with van der Waals surface area (Å²) >= 11 is 0. The van der Waals surface area contributed by atoms with Crippen LogP contribution in [-0.4, -0.2) is 48.1 Å². The molecule has 132 valence electrons. The first-order valence-electron chi connectivity index (χ1n) is 8.81. The van der Waals surface area contributed by atoms with Gasteiger partial charge >= 0.3 is 0 Å². The number of hydrogen-bond donors (Lipinski definition) is 0. The van der Waals surface area contributed by atoms with Crippen LogP contribution in [0.15, 0.2) is 48.7 Å². The van der Waals surface area contributed by atoms with Gasteiger partial charge in [0.1, 0.15) is 11.6 Å². The van der Waals surface area contributed by atoms with Crippen LogP contribution in [0.2, 0.25) is 0 Å². The minimum Gasteiger partial charge on any atom is -0.491 e. The summed E-state index contributed by atoms with van der Waals surface area (Å²) in [5.41, 5.74) is 1.02. The summed E-state index contributed by atoms with van der Waals surface area (Å²) in [6, 6.07) is 13.7. The van der Waals surface area contributed by atoms with Crippen molar-refractivity contribution in [1.29, 1.82) is 0 Å². The zero-order valence-corrected chi connectivity index (χ0v) is 14.9. The van der Waals surface area contributed by atoms with Gasteiger partial charge in [-0.2, -0.15) is 0 Å². The number of aromatic nitrogens is 1. The Balaban J connectivity index is 1.51. The van der Waals surface area contributed by atoms with Crippen LogP contribution < -0.4 is 9.64 Å². The van der Waals surface area contributed by atoms with Gasteiger partial charge in [0.15, 0.2) is 0 Å². The number of pyridine rings is 1. The highest BCUT2D eigenvalue weighted by Gasteiger charge is 2.21. The van der Waals surface area contributed by atoms with Gasteiger partial charge in [-0.25, -0.2) is 4.98 Å². The van der Waals surface area contributed by atoms with Crippen molar-refractivity contribution in [2.45, 2.75) is 26.4 Å². The van der Waals surface area contributed by atoms with Gasteiger partial charge in [-0.3, -0.25) is 4.79 Å². The predicted octanol–water partition coefficient (Wildman–Crippen LogP) is 2.76. The molecule has 0 unspecified atom stereocenters. The quantitative estimate of drug-likeness (QED) is 0.840. The Labute approximate surface area is 149 Å². The van der Waals surface area contributed by atoms with E-state index in [0.29, 0.717) is 6.42 Å². The molecule has 1 aliphatic heterocycles. The molecule has 1 aromatic heterocycles. The third-order valence-electron chi connectivity index (χ3n) is 4.26. The lowest BCUT2D eigenvalue weighted by Crippen LogP contribution is -2.49. The van der Waals surface area contributed by atoms with Gasteiger partial charge in [0.05, 0.1) is 12.5 Å². The maximum atomic E-state index is 12.5. The molecule has 1 amide bonds. The Hall–Kier alpha value is -2.56. The molecule has 1 fully saturated rings. The normalized spacial score (nSPS) is 14.7. The molecule has 5 nitrogen and oxygen atoms in total. The largest absolute Gasteiger partial charge is 0.491 e. The average Bonchev–Trinajstić information content (AvgIpc) is 2.64. The first-order chi connectivity index (χ1) is 12.1. The smallest absolute Gasteiger partial charge is 0.227 e. The summed E-state index contributed by atoms with van der Waals surface area (Å²) in [6.07, 6.45) is 2.40. The second kappa shape index (κ2) is 8.01. The van der Waals surface area contributed by atoms with Gasteiger partial charge in [0.2, 0.25) is 5.91 Å². The number of carbonyl (C=O) groups is 1. The van der Waals surface area contributed by atoms with E-state index >= 15 is 0 Å². The van der Waals surface area contributed by atoms with Crippen LogP contribution in [0.3, 0.4) is 0 Å². The molecule has 0 saturated carbocycles. The maximum Gasteiger partial charge on any atom is 0.227 e. The Bertz CT molecular complexity index is 678. The molecule has 2 aromatic rings. The van der Waals surface area contributed by atoms with Crippen molar-refractivity contribution < 1.29 is 9.53 Å². The number of anilines is 1. The van der Waals surface area contributed by atoms with Gasteiger partial charge in [0.25, 0.3) is 0 Å². The van der Waals surface area contributed by atoms with Crippen LogP contribution in [0.25, 0.3) is 0 Å². The van der Waals surface area contributed by atoms with E-state index < -0.39 is 0 Å². The molecule has 0 atom stereocenters. The third-order valence-corrected chi connectivity index (χ3v) is 4.26. The van der Waals surface area contributed by atoms with Gasteiger partial charge in [-0.05, 0) is 43.7 Å². The fourth-order valence-corrected chi connectivity index (χ4v) is 2.97. The van der Waals surface area contributed by atoms with Crippen molar-refractivity contribution in [3.63, 3.8) is 0 Å². The summed E-state index contributed by atoms with van der Waals surface area (Å²) in [6.45, 7) is 7.13. The summed E-state index contributed by atoms with van der Waals surface area (Å²) in [7, 11) is 0. The zero-order valence-electron chi connectivity index (χ0n) is 14.9. The lowest BCUT2D eigenvalue weighted by molar-refractivity contribution is -0.130. The molecule has 5 heteroatoms. The van der Waals surface area contributed by atoms with Crippen LogP contribution >= 0.6 is 0 Å². The van der Waals surface area contributed by atoms with E-state index in [2.05, 4.69) is 9.88 Å². The van der Waals surface area contributed by atoms with E-state index in [1.165, 1.54) is 0 Å². The zero-order chi connectivity index (χ0) is 17.6. The number of rotatable bonds is 5. The first kappa shape index (κ1) is 17.3. The van der Waals surface area contributed by atoms with E-state index in [1.54, 1.807) is 6.20 Å². The molecule has 0 bridgehead atoms. The topological polar surface area (TPSA) is 45.7 Å². The number of ether oxygens (including phenoxy) is 1. The number of nitrogens with zero attached hydrogens (tertiary/aromatic N) is 3. The predicted molar refractivity (Wildman–Crippen MR) is 98.9 cm³/mol. The molecule has 0 radical (unpaired) electrons. The Morgan fingerprint density at radius 1 is 1.08 bits per heavy atom. The molecule has 1 aromatic carbocycles. The van der Waals surface area contributed by atoms with E-state index in [0.717, 1.165) is 43.3 Å². The molecule has 1 saturated heterocycles. The summed E-state index contributed by atoms with van der Waals surface area (Å²) in [5.74, 6) is 2.00. The number of piperazine rings is 1. The molecule has 25 heavy (non-hydrogen) atoms. The number of amides is 1. The summed E-state index contributed by atoms with van der Waals surface area (Å²) in [5, 5.41) is 0. The number of carbonyl (C=O) groups excluding carboxylic acids is 1. The van der Waals surface area contributed by atoms with Gasteiger partial charge < -0.3 is 14.5 Å². The van der Waals surface area contributed by atoms with E-state index in [-0.39, 0.29) is 12.0 Å². The van der Waals surface area contributed by atoms with Crippen molar-refractivity contribution in [2.24, 2.45) is 0 Å². The molecule has 2 heterocycles. The molecule has 0 aliphatic carbocycles. The lowest BCUT2D eigenvalue weighted by Gasteiger charge is -2.35. The minimum absolute atomic E-state index is 0.155. The Morgan fingerprint density at radius 2 is 1.80 bits per heavy atom. The van der Waals surface area contributed by atoms with Crippen LogP contribution in [0.5, 0.6) is 5.75 Å². The van der Waals surface area contributed by atoms with E-state index in [4.69, 9.17) is 4.74 Å². The first-order valence-corrected chi connectivity index (χ1v) is 8.81. The Morgan fingerprint density at radius 3 is 2.40 bits per heavy atom. The molecule has 0 N–H and O–H groups in total. The van der Waals surface area contributed by atoms with Gasteiger partial charge in [-0.15, -0.1) is 0 Å². The van der Waals surface area contributed by atoms with Crippen molar-refractivity contribution in [2.75, 3.05) is 31.1 Å². The second-order valence-electron chi connectivity index (χ2n) is 6.54. The highest BCUT2D eigenvalue weighted by Crippen LogP contribution is 2.16. The molecule has 0 spiro atoms. The fraction of sp³-hybridized carbons (Fsp3) is 0.400. The maximum absolute atomic E-state index is 12.5. The standard InChI is InChI=1S/C20H25N3O2/c1-16(2)25-18-8-6-17(7-9-18)15-20(24)23-13-11-22(12-14-23)19-5-3-4-10-21-19/h3-10,16H,11-15H2,1-2H3. The minimum atomic E-state index is 0.155. The fourth-order valence-electron chi connectivity index (χ4n) is 2.97. The SMILES string of the molecule is CC(C)Oc1ccc(CC(=O)N2CCN(c3ccccn3)CC2)cc1. The number of hydrogen-bond acceptors (Lipinski definition) is 4. The second-order valence-corrected chi connectivity index (χ2v) is 6.54. The van der Waals surface area contributed by atoms with Crippen molar-refractivity contribution in [3.8, 4) is 5.75 Å². The van der Waals surface area contributed by atoms with Crippen LogP contribution in [0.4, 0.5) is 5.82 Å². The van der Waals surface area contributed by atoms with Gasteiger partial charge in [-0.1, -0.05) is 18.2 Å². The number of benzene rings is 1. The average molecular weight is 339 g/mol. The van der Waals surface area contributed by atoms with E-state index in [1.807, 2.05) is 61.2 Å². The van der Waals surface area contributed by atoms with Crippen LogP contribution in [0.1, 0.15) is 19.4 Å². The summed E-state index contributed by atoms with van der Waals surface area (Å²) < 4.78 is 5.64. The molecular weight excluding hydrogens is 314 g/mol. The Kier molecular flexibility index (Phi) is 5.53. The molecule has 1 aliphatic rings.